The Morgan fingerprint density at radius 2 is 1.73 bits per heavy atom. The molecule has 0 spiro atoms. The van der Waals surface area contributed by atoms with E-state index in [-0.39, 0.29) is 6.79 Å². The van der Waals surface area contributed by atoms with E-state index >= 15 is 0 Å². The molecule has 0 aliphatic carbocycles. The van der Waals surface area contributed by atoms with Crippen LogP contribution in [0, 0.1) is 0 Å². The number of hydrogen-bond donors (Lipinski definition) is 0. The first-order valence-electron chi connectivity index (χ1n) is 6.84. The number of ether oxygens (including phenoxy) is 3. The maximum Gasteiger partial charge on any atom is 0.231 e. The van der Waals surface area contributed by atoms with Gasteiger partial charge in [-0.3, -0.25) is 0 Å². The Labute approximate surface area is 127 Å². The van der Waals surface area contributed by atoms with E-state index in [1.165, 1.54) is 0 Å². The first-order valence-corrected chi connectivity index (χ1v) is 6.84. The molecule has 0 saturated heterocycles. The van der Waals surface area contributed by atoms with E-state index in [1.54, 1.807) is 13.4 Å². The lowest BCUT2D eigenvalue weighted by molar-refractivity contribution is 0.174. The van der Waals surface area contributed by atoms with E-state index < -0.39 is 0 Å². The van der Waals surface area contributed by atoms with Crippen LogP contribution in [-0.4, -0.2) is 19.1 Å². The minimum Gasteiger partial charge on any atom is -0.497 e. The van der Waals surface area contributed by atoms with Crippen molar-refractivity contribution in [2.75, 3.05) is 13.9 Å². The lowest BCUT2D eigenvalue weighted by atomic mass is 10.0. The smallest absolute Gasteiger partial charge is 0.231 e. The largest absolute Gasteiger partial charge is 0.497 e. The molecule has 0 saturated carbocycles. The van der Waals surface area contributed by atoms with Crippen LogP contribution in [0.5, 0.6) is 17.2 Å². The number of benzene rings is 2. The molecular formula is C17H13NO4. The van der Waals surface area contributed by atoms with Gasteiger partial charge in [0.2, 0.25) is 6.79 Å². The highest BCUT2D eigenvalue weighted by atomic mass is 16.7. The van der Waals surface area contributed by atoms with Gasteiger partial charge >= 0.3 is 0 Å². The molecule has 110 valence electrons. The lowest BCUT2D eigenvalue weighted by Gasteiger charge is -2.04. The Balaban J connectivity index is 1.76. The molecule has 5 nitrogen and oxygen atoms in total. The maximum atomic E-state index is 5.42. The van der Waals surface area contributed by atoms with Crippen LogP contribution >= 0.6 is 0 Å². The second-order valence-electron chi connectivity index (χ2n) is 4.87. The highest BCUT2D eigenvalue weighted by Gasteiger charge is 2.18. The fraction of sp³-hybridized carbons (Fsp3) is 0.118. The van der Waals surface area contributed by atoms with Gasteiger partial charge < -0.3 is 18.7 Å². The van der Waals surface area contributed by atoms with E-state index in [9.17, 15) is 0 Å². The summed E-state index contributed by atoms with van der Waals surface area (Å²) in [5.74, 6) is 2.28. The molecule has 4 rings (SSSR count). The Morgan fingerprint density at radius 3 is 2.55 bits per heavy atom. The summed E-state index contributed by atoms with van der Waals surface area (Å²) in [4.78, 5) is 0. The van der Waals surface area contributed by atoms with Crippen LogP contribution in [0.3, 0.4) is 0 Å². The predicted molar refractivity (Wildman–Crippen MR) is 80.1 cm³/mol. The summed E-state index contributed by atoms with van der Waals surface area (Å²) in [6.07, 6.45) is 1.64. The maximum absolute atomic E-state index is 5.42. The number of fused-ring (bicyclic) bond motifs is 1. The van der Waals surface area contributed by atoms with Gasteiger partial charge in [0.1, 0.15) is 17.7 Å². The summed E-state index contributed by atoms with van der Waals surface area (Å²) in [6, 6.07) is 13.5. The van der Waals surface area contributed by atoms with Gasteiger partial charge in [0.05, 0.1) is 7.11 Å². The first-order chi connectivity index (χ1) is 10.8. The minimum absolute atomic E-state index is 0.253. The van der Waals surface area contributed by atoms with Gasteiger partial charge in [0.25, 0.3) is 0 Å². The molecule has 2 aromatic carbocycles. The van der Waals surface area contributed by atoms with Crippen molar-refractivity contribution in [1.29, 1.82) is 0 Å². The first kappa shape index (κ1) is 12.8. The van der Waals surface area contributed by atoms with Gasteiger partial charge in [-0.05, 0) is 35.9 Å². The zero-order chi connectivity index (χ0) is 14.9. The second kappa shape index (κ2) is 5.11. The molecule has 0 bridgehead atoms. The van der Waals surface area contributed by atoms with Crippen LogP contribution in [-0.2, 0) is 0 Å². The van der Waals surface area contributed by atoms with Gasteiger partial charge in [-0.25, -0.2) is 0 Å². The molecule has 0 amide bonds. The normalized spacial score (nSPS) is 12.4. The highest BCUT2D eigenvalue weighted by Crippen LogP contribution is 2.38. The van der Waals surface area contributed by atoms with E-state index in [2.05, 4.69) is 5.16 Å². The minimum atomic E-state index is 0.253. The molecule has 0 atom stereocenters. The van der Waals surface area contributed by atoms with Gasteiger partial charge in [0, 0.05) is 11.1 Å². The zero-order valence-corrected chi connectivity index (χ0v) is 11.9. The van der Waals surface area contributed by atoms with Crippen molar-refractivity contribution in [2.45, 2.75) is 0 Å². The zero-order valence-electron chi connectivity index (χ0n) is 11.9. The van der Waals surface area contributed by atoms with Crippen LogP contribution in [0.1, 0.15) is 0 Å². The quantitative estimate of drug-likeness (QED) is 0.736. The number of methoxy groups -OCH3 is 1. The number of nitrogens with zero attached hydrogens (tertiary/aromatic N) is 1. The topological polar surface area (TPSA) is 53.7 Å². The Morgan fingerprint density at radius 1 is 0.955 bits per heavy atom. The number of hydrogen-bond acceptors (Lipinski definition) is 5. The van der Waals surface area contributed by atoms with E-state index in [4.69, 9.17) is 18.7 Å². The third-order valence-electron chi connectivity index (χ3n) is 3.62. The van der Waals surface area contributed by atoms with Crippen molar-refractivity contribution >= 4 is 0 Å². The summed E-state index contributed by atoms with van der Waals surface area (Å²) in [5.41, 5.74) is 3.61. The average Bonchev–Trinajstić information content (AvgIpc) is 3.23. The summed E-state index contributed by atoms with van der Waals surface area (Å²) in [6.45, 7) is 0.253. The highest BCUT2D eigenvalue weighted by molar-refractivity contribution is 5.81. The van der Waals surface area contributed by atoms with Crippen molar-refractivity contribution in [1.82, 2.24) is 5.16 Å². The molecule has 5 heteroatoms. The van der Waals surface area contributed by atoms with Crippen LogP contribution in [0.2, 0.25) is 0 Å². The van der Waals surface area contributed by atoms with Gasteiger partial charge in [0.15, 0.2) is 11.5 Å². The van der Waals surface area contributed by atoms with Crippen LogP contribution in [0.4, 0.5) is 0 Å². The summed E-state index contributed by atoms with van der Waals surface area (Å²) in [5, 5.41) is 4.13. The molecule has 1 aliphatic rings. The molecule has 2 heterocycles. The third-order valence-corrected chi connectivity index (χ3v) is 3.62. The van der Waals surface area contributed by atoms with Crippen molar-refractivity contribution in [2.24, 2.45) is 0 Å². The molecule has 1 aliphatic heterocycles. The Kier molecular flexibility index (Phi) is 2.96. The molecule has 0 radical (unpaired) electrons. The molecule has 0 N–H and O–H groups in total. The molecule has 0 fully saturated rings. The molecule has 22 heavy (non-hydrogen) atoms. The van der Waals surface area contributed by atoms with Gasteiger partial charge in [-0.2, -0.15) is 0 Å². The van der Waals surface area contributed by atoms with Gasteiger partial charge in [-0.1, -0.05) is 17.3 Å². The molecule has 0 unspecified atom stereocenters. The van der Waals surface area contributed by atoms with Crippen LogP contribution in [0.25, 0.3) is 22.4 Å². The fourth-order valence-electron chi connectivity index (χ4n) is 2.46. The number of aromatic nitrogens is 1. The van der Waals surface area contributed by atoms with Crippen molar-refractivity contribution < 1.29 is 18.7 Å². The summed E-state index contributed by atoms with van der Waals surface area (Å²) < 4.78 is 21.1. The standard InChI is InChI=1S/C17H13NO4/c1-19-13-5-2-11(3-6-13)14-9-22-18-17(14)12-4-7-15-16(8-12)21-10-20-15/h2-9H,10H2,1H3. The summed E-state index contributed by atoms with van der Waals surface area (Å²) >= 11 is 0. The Bertz CT molecular complexity index is 808. The van der Waals surface area contributed by atoms with Crippen molar-refractivity contribution in [3.8, 4) is 39.6 Å². The van der Waals surface area contributed by atoms with Crippen molar-refractivity contribution in [3.05, 3.63) is 48.7 Å². The second-order valence-corrected chi connectivity index (χ2v) is 4.87. The van der Waals surface area contributed by atoms with Crippen molar-refractivity contribution in [3.63, 3.8) is 0 Å². The predicted octanol–water partition coefficient (Wildman–Crippen LogP) is 3.75. The van der Waals surface area contributed by atoms with E-state index in [0.29, 0.717) is 0 Å². The lowest BCUT2D eigenvalue weighted by Crippen LogP contribution is -1.92. The molecular weight excluding hydrogens is 282 g/mol. The van der Waals surface area contributed by atoms with E-state index in [0.717, 1.165) is 39.6 Å². The van der Waals surface area contributed by atoms with Crippen LogP contribution in [0.15, 0.2) is 53.3 Å². The van der Waals surface area contributed by atoms with E-state index in [1.807, 2.05) is 42.5 Å². The SMILES string of the molecule is COc1ccc(-c2conc2-c2ccc3c(c2)OCO3)cc1. The number of rotatable bonds is 3. The third kappa shape index (κ3) is 2.07. The average molecular weight is 295 g/mol. The Hall–Kier alpha value is -2.95. The molecule has 3 aromatic rings. The summed E-state index contributed by atoms with van der Waals surface area (Å²) in [7, 11) is 1.65. The fourth-order valence-corrected chi connectivity index (χ4v) is 2.46. The monoisotopic (exact) mass is 295 g/mol. The molecule has 1 aromatic heterocycles. The van der Waals surface area contributed by atoms with Gasteiger partial charge in [-0.15, -0.1) is 0 Å². The van der Waals surface area contributed by atoms with Crippen LogP contribution < -0.4 is 14.2 Å².